The van der Waals surface area contributed by atoms with Gasteiger partial charge in [0.2, 0.25) is 0 Å². The summed E-state index contributed by atoms with van der Waals surface area (Å²) in [6, 6.07) is 0. The molecule has 15 heavy (non-hydrogen) atoms. The first-order valence-corrected chi connectivity index (χ1v) is 6.57. The van der Waals surface area contributed by atoms with Gasteiger partial charge in [-0.3, -0.25) is 0 Å². The van der Waals surface area contributed by atoms with Gasteiger partial charge in [-0.2, -0.15) is 0 Å². The zero-order valence-electron chi connectivity index (χ0n) is 10.6. The Morgan fingerprint density at radius 1 is 1.40 bits per heavy atom. The third-order valence-electron chi connectivity index (χ3n) is 5.25. The first kappa shape index (κ1) is 11.2. The molecule has 2 aliphatic rings. The van der Waals surface area contributed by atoms with Crippen molar-refractivity contribution in [3.8, 4) is 0 Å². The van der Waals surface area contributed by atoms with E-state index in [1.807, 2.05) is 0 Å². The van der Waals surface area contributed by atoms with Crippen LogP contribution in [0.4, 0.5) is 0 Å². The van der Waals surface area contributed by atoms with Crippen molar-refractivity contribution in [1.82, 2.24) is 0 Å². The van der Waals surface area contributed by atoms with Crippen molar-refractivity contribution in [1.29, 1.82) is 0 Å². The minimum Gasteiger partial charge on any atom is -0.0993 e. The molecule has 4 atom stereocenters. The lowest BCUT2D eigenvalue weighted by molar-refractivity contribution is 0.0411. The Kier molecular flexibility index (Phi) is 2.96. The molecule has 85 valence electrons. The molecule has 0 aromatic rings. The van der Waals surface area contributed by atoms with Gasteiger partial charge in [0.15, 0.2) is 0 Å². The monoisotopic (exact) mass is 205 g/mol. The molecule has 0 nitrogen and oxygen atoms in total. The van der Waals surface area contributed by atoms with E-state index in [2.05, 4.69) is 33.8 Å². The first-order valence-electron chi connectivity index (χ1n) is 6.57. The van der Waals surface area contributed by atoms with Crippen LogP contribution in [0.3, 0.4) is 0 Å². The molecule has 0 N–H and O–H groups in total. The summed E-state index contributed by atoms with van der Waals surface area (Å²) < 4.78 is 0. The molecule has 0 aromatic heterocycles. The molecule has 0 heteroatoms. The normalized spacial score (nSPS) is 46.3. The van der Waals surface area contributed by atoms with Gasteiger partial charge in [0.1, 0.15) is 0 Å². The molecule has 2 rings (SSSR count). The minimum atomic E-state index is 0.460. The Labute approximate surface area is 95.1 Å². The third-order valence-corrected chi connectivity index (χ3v) is 5.25. The number of rotatable bonds is 1. The zero-order chi connectivity index (χ0) is 11.1. The lowest BCUT2D eigenvalue weighted by Gasteiger charge is -2.53. The molecular weight excluding hydrogens is 180 g/mol. The fourth-order valence-electron chi connectivity index (χ4n) is 4.06. The summed E-state index contributed by atoms with van der Waals surface area (Å²) in [5.41, 5.74) is 2.00. The molecular formula is C15H25. The van der Waals surface area contributed by atoms with Crippen LogP contribution in [0.25, 0.3) is 0 Å². The highest BCUT2D eigenvalue weighted by molar-refractivity contribution is 5.17. The summed E-state index contributed by atoms with van der Waals surface area (Å²) in [6.07, 6.45) is 9.30. The fourth-order valence-corrected chi connectivity index (χ4v) is 4.06. The number of allylic oxidation sites excluding steroid dienone is 1. The average Bonchev–Trinajstić information content (AvgIpc) is 2.22. The Morgan fingerprint density at radius 3 is 2.80 bits per heavy atom. The predicted molar refractivity (Wildman–Crippen MR) is 66.5 cm³/mol. The molecule has 4 unspecified atom stereocenters. The van der Waals surface area contributed by atoms with Gasteiger partial charge >= 0.3 is 0 Å². The Morgan fingerprint density at radius 2 is 2.13 bits per heavy atom. The quantitative estimate of drug-likeness (QED) is 0.548. The number of hydrogen-bond donors (Lipinski definition) is 0. The first-order chi connectivity index (χ1) is 7.09. The van der Waals surface area contributed by atoms with Crippen LogP contribution in [0.5, 0.6) is 0 Å². The molecule has 0 aromatic carbocycles. The Bertz CT molecular complexity index is 253. The van der Waals surface area contributed by atoms with Crippen molar-refractivity contribution in [3.63, 3.8) is 0 Å². The molecule has 2 fully saturated rings. The van der Waals surface area contributed by atoms with E-state index in [9.17, 15) is 0 Å². The lowest BCUT2D eigenvalue weighted by Crippen LogP contribution is -2.43. The molecule has 0 aliphatic heterocycles. The van der Waals surface area contributed by atoms with E-state index in [0.717, 1.165) is 17.8 Å². The van der Waals surface area contributed by atoms with Gasteiger partial charge < -0.3 is 0 Å². The van der Waals surface area contributed by atoms with Gasteiger partial charge in [-0.05, 0) is 61.7 Å². The van der Waals surface area contributed by atoms with E-state index >= 15 is 0 Å². The molecule has 0 bridgehead atoms. The summed E-state index contributed by atoms with van der Waals surface area (Å²) in [4.78, 5) is 0. The van der Waals surface area contributed by atoms with Gasteiger partial charge in [-0.25, -0.2) is 0 Å². The van der Waals surface area contributed by atoms with Gasteiger partial charge in [0.05, 0.1) is 0 Å². The maximum Gasteiger partial charge on any atom is -0.00879 e. The fraction of sp³-hybridized carbons (Fsp3) is 0.800. The summed E-state index contributed by atoms with van der Waals surface area (Å²) in [7, 11) is 0. The van der Waals surface area contributed by atoms with E-state index < -0.39 is 0 Å². The van der Waals surface area contributed by atoms with Crippen molar-refractivity contribution in [2.75, 3.05) is 0 Å². The second-order valence-corrected chi connectivity index (χ2v) is 5.95. The minimum absolute atomic E-state index is 0.460. The van der Waals surface area contributed by atoms with Crippen LogP contribution in [-0.2, 0) is 0 Å². The van der Waals surface area contributed by atoms with Crippen LogP contribution in [0.1, 0.15) is 52.9 Å². The molecule has 0 amide bonds. The lowest BCUT2D eigenvalue weighted by atomic mass is 9.52. The van der Waals surface area contributed by atoms with Gasteiger partial charge in [-0.1, -0.05) is 32.9 Å². The Balaban J connectivity index is 2.26. The topological polar surface area (TPSA) is 0 Å². The van der Waals surface area contributed by atoms with E-state index in [4.69, 9.17) is 0 Å². The Hall–Kier alpha value is -0.260. The SMILES string of the molecule is C=C1CCCC2C([CH]C)C(C)CCC12C. The molecule has 2 saturated carbocycles. The van der Waals surface area contributed by atoms with E-state index in [0.29, 0.717) is 5.41 Å². The highest BCUT2D eigenvalue weighted by atomic mass is 14.5. The largest absolute Gasteiger partial charge is 0.0993 e. The van der Waals surface area contributed by atoms with Crippen molar-refractivity contribution in [2.24, 2.45) is 23.2 Å². The van der Waals surface area contributed by atoms with Crippen LogP contribution < -0.4 is 0 Å². The second-order valence-electron chi connectivity index (χ2n) is 5.95. The molecule has 0 heterocycles. The highest BCUT2D eigenvalue weighted by Gasteiger charge is 2.46. The summed E-state index contributed by atoms with van der Waals surface area (Å²) in [6.45, 7) is 11.5. The van der Waals surface area contributed by atoms with Crippen LogP contribution in [0, 0.1) is 29.6 Å². The standard InChI is InChI=1S/C15H25/c1-5-13-11(2)9-10-15(4)12(3)7-6-8-14(13)15/h5,11,13-14H,3,6-10H2,1-2,4H3. The highest BCUT2D eigenvalue weighted by Crippen LogP contribution is 2.56. The van der Waals surface area contributed by atoms with Gasteiger partial charge in [-0.15, -0.1) is 0 Å². The molecule has 1 radical (unpaired) electrons. The van der Waals surface area contributed by atoms with Crippen LogP contribution in [-0.4, -0.2) is 0 Å². The predicted octanol–water partition coefficient (Wildman–Crippen LogP) is 4.62. The van der Waals surface area contributed by atoms with Crippen molar-refractivity contribution in [3.05, 3.63) is 18.6 Å². The number of fused-ring (bicyclic) bond motifs is 1. The van der Waals surface area contributed by atoms with Crippen molar-refractivity contribution >= 4 is 0 Å². The maximum absolute atomic E-state index is 4.35. The number of hydrogen-bond acceptors (Lipinski definition) is 0. The van der Waals surface area contributed by atoms with Gasteiger partial charge in [0, 0.05) is 0 Å². The molecule has 0 spiro atoms. The van der Waals surface area contributed by atoms with Crippen LogP contribution >= 0.6 is 0 Å². The van der Waals surface area contributed by atoms with Crippen LogP contribution in [0.15, 0.2) is 12.2 Å². The maximum atomic E-state index is 4.35. The average molecular weight is 205 g/mol. The van der Waals surface area contributed by atoms with Crippen LogP contribution in [0.2, 0.25) is 0 Å². The summed E-state index contributed by atoms with van der Waals surface area (Å²) in [5, 5.41) is 0. The second kappa shape index (κ2) is 3.96. The van der Waals surface area contributed by atoms with E-state index in [-0.39, 0.29) is 0 Å². The summed E-state index contributed by atoms with van der Waals surface area (Å²) >= 11 is 0. The van der Waals surface area contributed by atoms with Crippen molar-refractivity contribution in [2.45, 2.75) is 52.9 Å². The van der Waals surface area contributed by atoms with E-state index in [1.54, 1.807) is 0 Å². The third kappa shape index (κ3) is 1.66. The van der Waals surface area contributed by atoms with Gasteiger partial charge in [0.25, 0.3) is 0 Å². The molecule has 0 saturated heterocycles. The summed E-state index contributed by atoms with van der Waals surface area (Å²) in [5.74, 6) is 2.60. The smallest absolute Gasteiger partial charge is 0.00879 e. The van der Waals surface area contributed by atoms with Crippen molar-refractivity contribution < 1.29 is 0 Å². The zero-order valence-corrected chi connectivity index (χ0v) is 10.6. The van der Waals surface area contributed by atoms with E-state index in [1.165, 1.54) is 37.7 Å². The molecule has 2 aliphatic carbocycles.